The molecule has 4 atom stereocenters. The Kier molecular flexibility index (Phi) is 10.7. The molecule has 2 aliphatic rings. The standard InChI is InChI=1S/2C11H21NO4/c2*1-8-5-12(6-9(7-13)15-8)10(14)16-11(2,3)4/h2*8-9,13H,5-7H2,1-4H3/t2*8-,9+/m10/s1. The normalized spacial score (nSPS) is 26.7. The van der Waals surface area contributed by atoms with Crippen LogP contribution in [0.2, 0.25) is 0 Å². The molecule has 10 nitrogen and oxygen atoms in total. The van der Waals surface area contributed by atoms with Gasteiger partial charge in [-0.2, -0.15) is 0 Å². The molecule has 2 heterocycles. The molecule has 2 rings (SSSR count). The molecule has 0 saturated carbocycles. The number of amides is 2. The third-order valence-electron chi connectivity index (χ3n) is 4.36. The van der Waals surface area contributed by atoms with Crippen molar-refractivity contribution in [2.75, 3.05) is 39.4 Å². The lowest BCUT2D eigenvalue weighted by atomic mass is 10.2. The second-order valence-electron chi connectivity index (χ2n) is 10.3. The van der Waals surface area contributed by atoms with Crippen molar-refractivity contribution in [2.45, 2.75) is 91.0 Å². The summed E-state index contributed by atoms with van der Waals surface area (Å²) in [5.74, 6) is 0. The van der Waals surface area contributed by atoms with E-state index in [1.54, 1.807) is 9.80 Å². The van der Waals surface area contributed by atoms with Gasteiger partial charge in [0.05, 0.1) is 63.8 Å². The number of morpholine rings is 2. The van der Waals surface area contributed by atoms with Crippen LogP contribution in [0.5, 0.6) is 0 Å². The Bertz CT molecular complexity index is 550. The van der Waals surface area contributed by atoms with Crippen molar-refractivity contribution in [1.29, 1.82) is 0 Å². The highest BCUT2D eigenvalue weighted by atomic mass is 16.6. The minimum atomic E-state index is -0.493. The number of hydrogen-bond donors (Lipinski definition) is 2. The van der Waals surface area contributed by atoms with Gasteiger partial charge in [0.2, 0.25) is 0 Å². The Morgan fingerprint density at radius 2 is 1.06 bits per heavy atom. The number of ether oxygens (including phenoxy) is 4. The SMILES string of the molecule is C[C@@H]1CN(C(=O)OC(C)(C)C)C[C@@H](CO)O1.C[C@H]1CN(C(=O)OC(C)(C)C)C[C@H](CO)O1. The third-order valence-corrected chi connectivity index (χ3v) is 4.36. The van der Waals surface area contributed by atoms with Crippen LogP contribution in [0.4, 0.5) is 9.59 Å². The zero-order chi connectivity index (χ0) is 24.7. The lowest BCUT2D eigenvalue weighted by Gasteiger charge is -2.36. The van der Waals surface area contributed by atoms with E-state index in [4.69, 9.17) is 29.2 Å². The number of aliphatic hydroxyl groups excluding tert-OH is 2. The van der Waals surface area contributed by atoms with Gasteiger partial charge in [-0.1, -0.05) is 0 Å². The first-order valence-corrected chi connectivity index (χ1v) is 11.1. The summed E-state index contributed by atoms with van der Waals surface area (Å²) in [6.07, 6.45) is -1.45. The number of carbonyl (C=O) groups excluding carboxylic acids is 2. The van der Waals surface area contributed by atoms with Crippen molar-refractivity contribution in [2.24, 2.45) is 0 Å². The Morgan fingerprint density at radius 3 is 1.31 bits per heavy atom. The Hall–Kier alpha value is -1.62. The van der Waals surface area contributed by atoms with Gasteiger partial charge in [-0.05, 0) is 55.4 Å². The maximum atomic E-state index is 11.8. The van der Waals surface area contributed by atoms with E-state index < -0.39 is 11.2 Å². The molecule has 188 valence electrons. The van der Waals surface area contributed by atoms with Crippen LogP contribution in [-0.4, -0.2) is 107 Å². The molecule has 0 radical (unpaired) electrons. The zero-order valence-electron chi connectivity index (χ0n) is 20.8. The van der Waals surface area contributed by atoms with Gasteiger partial charge in [0.1, 0.15) is 11.2 Å². The largest absolute Gasteiger partial charge is 0.444 e. The fourth-order valence-corrected chi connectivity index (χ4v) is 3.24. The van der Waals surface area contributed by atoms with Crippen molar-refractivity contribution in [3.8, 4) is 0 Å². The fraction of sp³-hybridized carbons (Fsp3) is 0.909. The van der Waals surface area contributed by atoms with Gasteiger partial charge < -0.3 is 39.0 Å². The first kappa shape index (κ1) is 28.4. The zero-order valence-corrected chi connectivity index (χ0v) is 20.8. The maximum Gasteiger partial charge on any atom is 0.410 e. The van der Waals surface area contributed by atoms with Crippen molar-refractivity contribution in [3.05, 3.63) is 0 Å². The summed E-state index contributed by atoms with van der Waals surface area (Å²) in [5, 5.41) is 18.1. The third kappa shape index (κ3) is 10.8. The van der Waals surface area contributed by atoms with Crippen LogP contribution >= 0.6 is 0 Å². The van der Waals surface area contributed by atoms with E-state index in [1.165, 1.54) is 0 Å². The molecular weight excluding hydrogens is 420 g/mol. The summed E-state index contributed by atoms with van der Waals surface area (Å²) in [4.78, 5) is 26.7. The number of aliphatic hydroxyl groups is 2. The van der Waals surface area contributed by atoms with Crippen LogP contribution in [0.3, 0.4) is 0 Å². The molecule has 10 heteroatoms. The van der Waals surface area contributed by atoms with Crippen LogP contribution in [0.25, 0.3) is 0 Å². The molecular formula is C22H42N2O8. The van der Waals surface area contributed by atoms with Crippen LogP contribution < -0.4 is 0 Å². The van der Waals surface area contributed by atoms with E-state index in [-0.39, 0.29) is 49.8 Å². The van der Waals surface area contributed by atoms with Gasteiger partial charge in [0, 0.05) is 0 Å². The monoisotopic (exact) mass is 462 g/mol. The topological polar surface area (TPSA) is 118 Å². The molecule has 2 aliphatic heterocycles. The molecule has 0 aliphatic carbocycles. The summed E-state index contributed by atoms with van der Waals surface area (Å²) in [6.45, 7) is 16.4. The highest BCUT2D eigenvalue weighted by Gasteiger charge is 2.32. The highest BCUT2D eigenvalue weighted by Crippen LogP contribution is 2.16. The predicted molar refractivity (Wildman–Crippen MR) is 118 cm³/mol. The fourth-order valence-electron chi connectivity index (χ4n) is 3.24. The summed E-state index contributed by atoms with van der Waals surface area (Å²) in [7, 11) is 0. The predicted octanol–water partition coefficient (Wildman–Crippen LogP) is 2.01. The summed E-state index contributed by atoms with van der Waals surface area (Å²) in [5.41, 5.74) is -0.985. The maximum absolute atomic E-state index is 11.8. The van der Waals surface area contributed by atoms with Crippen molar-refractivity contribution in [1.82, 2.24) is 9.80 Å². The van der Waals surface area contributed by atoms with Gasteiger partial charge in [-0.25, -0.2) is 9.59 Å². The number of nitrogens with zero attached hydrogens (tertiary/aromatic N) is 2. The van der Waals surface area contributed by atoms with E-state index in [2.05, 4.69) is 0 Å². The van der Waals surface area contributed by atoms with Crippen molar-refractivity contribution >= 4 is 12.2 Å². The number of hydrogen-bond acceptors (Lipinski definition) is 8. The number of rotatable bonds is 2. The first-order chi connectivity index (χ1) is 14.6. The van der Waals surface area contributed by atoms with Crippen molar-refractivity contribution in [3.63, 3.8) is 0 Å². The minimum Gasteiger partial charge on any atom is -0.444 e. The Labute approximate surface area is 191 Å². The Morgan fingerprint density at radius 1 is 0.750 bits per heavy atom. The molecule has 32 heavy (non-hydrogen) atoms. The molecule has 0 spiro atoms. The second-order valence-corrected chi connectivity index (χ2v) is 10.3. The quantitative estimate of drug-likeness (QED) is 0.640. The van der Waals surface area contributed by atoms with Gasteiger partial charge in [-0.15, -0.1) is 0 Å². The van der Waals surface area contributed by atoms with E-state index in [1.807, 2.05) is 55.4 Å². The highest BCUT2D eigenvalue weighted by molar-refractivity contribution is 5.68. The summed E-state index contributed by atoms with van der Waals surface area (Å²) in [6, 6.07) is 0. The van der Waals surface area contributed by atoms with Gasteiger partial charge in [0.15, 0.2) is 0 Å². The smallest absolute Gasteiger partial charge is 0.410 e. The Balaban J connectivity index is 0.000000320. The van der Waals surface area contributed by atoms with Gasteiger partial charge in [-0.3, -0.25) is 0 Å². The molecule has 2 N–H and O–H groups in total. The van der Waals surface area contributed by atoms with Crippen LogP contribution in [0, 0.1) is 0 Å². The van der Waals surface area contributed by atoms with Crippen LogP contribution in [0.15, 0.2) is 0 Å². The van der Waals surface area contributed by atoms with E-state index >= 15 is 0 Å². The molecule has 2 amide bonds. The molecule has 0 bridgehead atoms. The summed E-state index contributed by atoms with van der Waals surface area (Å²) < 4.78 is 21.4. The van der Waals surface area contributed by atoms with Gasteiger partial charge >= 0.3 is 12.2 Å². The van der Waals surface area contributed by atoms with Gasteiger partial charge in [0.25, 0.3) is 0 Å². The average Bonchev–Trinajstić information content (AvgIpc) is 2.64. The summed E-state index contributed by atoms with van der Waals surface area (Å²) >= 11 is 0. The van der Waals surface area contributed by atoms with Crippen LogP contribution in [-0.2, 0) is 18.9 Å². The molecule has 2 saturated heterocycles. The molecule has 0 unspecified atom stereocenters. The average molecular weight is 463 g/mol. The van der Waals surface area contributed by atoms with E-state index in [9.17, 15) is 9.59 Å². The molecule has 0 aromatic carbocycles. The van der Waals surface area contributed by atoms with Crippen molar-refractivity contribution < 1.29 is 38.7 Å². The number of carbonyl (C=O) groups is 2. The lowest BCUT2D eigenvalue weighted by Crippen LogP contribution is -2.51. The molecule has 0 aromatic rings. The van der Waals surface area contributed by atoms with Crippen LogP contribution in [0.1, 0.15) is 55.4 Å². The second kappa shape index (κ2) is 12.0. The molecule has 0 aromatic heterocycles. The minimum absolute atomic E-state index is 0.0709. The van der Waals surface area contributed by atoms with E-state index in [0.717, 1.165) is 0 Å². The lowest BCUT2D eigenvalue weighted by molar-refractivity contribution is -0.0956. The van der Waals surface area contributed by atoms with E-state index in [0.29, 0.717) is 26.2 Å². The first-order valence-electron chi connectivity index (χ1n) is 11.1. The molecule has 2 fully saturated rings.